The minimum Gasteiger partial charge on any atom is -0.168 e. The summed E-state index contributed by atoms with van der Waals surface area (Å²) in [6.45, 7) is 11.9. The Bertz CT molecular complexity index is 1280. The van der Waals surface area contributed by atoms with E-state index < -0.39 is 0 Å². The zero-order valence-electron chi connectivity index (χ0n) is 20.6. The van der Waals surface area contributed by atoms with Crippen molar-refractivity contribution in [2.45, 2.75) is 27.7 Å². The molecule has 0 aliphatic rings. The van der Waals surface area contributed by atoms with Gasteiger partial charge in [-0.2, -0.15) is 18.2 Å². The predicted octanol–water partition coefficient (Wildman–Crippen LogP) is 8.42. The average Bonchev–Trinajstić information content (AvgIpc) is 3.47. The fraction of sp³-hybridized carbons (Fsp3) is 0.125. The van der Waals surface area contributed by atoms with Gasteiger partial charge in [0, 0.05) is 0 Å². The number of hydrogen-bond donors (Lipinski definition) is 0. The predicted molar refractivity (Wildman–Crippen MR) is 152 cm³/mol. The van der Waals surface area contributed by atoms with Gasteiger partial charge in [0.25, 0.3) is 0 Å². The molecule has 170 valence electrons. The molecule has 0 amide bonds. The number of allylic oxidation sites excluding steroid dienone is 3. The molecule has 0 aliphatic heterocycles. The van der Waals surface area contributed by atoms with Crippen LogP contribution in [0.3, 0.4) is 0 Å². The molecule has 0 heterocycles. The van der Waals surface area contributed by atoms with E-state index >= 15 is 0 Å². The summed E-state index contributed by atoms with van der Waals surface area (Å²) >= 11 is 0. The van der Waals surface area contributed by atoms with Gasteiger partial charge in [0.05, 0.1) is 0 Å². The SMILES string of the molecule is C=CC=CC.Cc1ccc(C)c2[cH-]ccc12.Cc1ccccc1Pc1cc2ccccc2[cH-]1.[Ti+2]. The second-order valence-corrected chi connectivity index (χ2v) is 9.49. The van der Waals surface area contributed by atoms with Gasteiger partial charge in [-0.05, 0) is 31.6 Å². The largest absolute Gasteiger partial charge is 2.00 e. The Morgan fingerprint density at radius 1 is 0.824 bits per heavy atom. The minimum absolute atomic E-state index is 0. The summed E-state index contributed by atoms with van der Waals surface area (Å²) in [4.78, 5) is 0. The zero-order valence-corrected chi connectivity index (χ0v) is 23.2. The third-order valence-corrected chi connectivity index (χ3v) is 7.03. The number of benzene rings is 3. The first-order chi connectivity index (χ1) is 16.0. The van der Waals surface area contributed by atoms with Crippen LogP contribution in [0.5, 0.6) is 0 Å². The van der Waals surface area contributed by atoms with E-state index in [-0.39, 0.29) is 21.7 Å². The Morgan fingerprint density at radius 3 is 2.18 bits per heavy atom. The van der Waals surface area contributed by atoms with Gasteiger partial charge in [-0.25, -0.2) is 0 Å². The summed E-state index contributed by atoms with van der Waals surface area (Å²) in [6.07, 6.45) is 5.58. The summed E-state index contributed by atoms with van der Waals surface area (Å²) < 4.78 is 0. The van der Waals surface area contributed by atoms with Crippen molar-refractivity contribution in [1.82, 2.24) is 0 Å². The Hall–Kier alpha value is -2.50. The zero-order chi connectivity index (χ0) is 23.6. The van der Waals surface area contributed by atoms with Gasteiger partial charge in [-0.3, -0.25) is 0 Å². The molecule has 0 spiro atoms. The number of hydrogen-bond acceptors (Lipinski definition) is 0. The first kappa shape index (κ1) is 27.7. The molecule has 5 aromatic carbocycles. The van der Waals surface area contributed by atoms with Crippen LogP contribution in [0.1, 0.15) is 23.6 Å². The van der Waals surface area contributed by atoms with Crippen LogP contribution in [0.25, 0.3) is 21.5 Å². The quantitative estimate of drug-likeness (QED) is 0.102. The normalized spacial score (nSPS) is 10.6. The van der Waals surface area contributed by atoms with E-state index in [0.29, 0.717) is 0 Å². The Morgan fingerprint density at radius 2 is 1.53 bits per heavy atom. The molecule has 1 atom stereocenters. The van der Waals surface area contributed by atoms with Crippen LogP contribution in [0.2, 0.25) is 0 Å². The van der Waals surface area contributed by atoms with Crippen molar-refractivity contribution in [3.05, 3.63) is 132 Å². The Balaban J connectivity index is 0.000000207. The van der Waals surface area contributed by atoms with Gasteiger partial charge in [0.1, 0.15) is 0 Å². The minimum atomic E-state index is 0. The maximum absolute atomic E-state index is 3.46. The van der Waals surface area contributed by atoms with Gasteiger partial charge < -0.3 is 0 Å². The van der Waals surface area contributed by atoms with Crippen molar-refractivity contribution in [2.24, 2.45) is 0 Å². The smallest absolute Gasteiger partial charge is 0.168 e. The summed E-state index contributed by atoms with van der Waals surface area (Å²) in [5, 5.41) is 8.37. The van der Waals surface area contributed by atoms with E-state index in [0.717, 1.165) is 8.58 Å². The molecule has 5 aromatic rings. The third kappa shape index (κ3) is 7.51. The molecule has 2 heteroatoms. The topological polar surface area (TPSA) is 0 Å². The van der Waals surface area contributed by atoms with Gasteiger partial charge in [-0.1, -0.05) is 82.3 Å². The fourth-order valence-corrected chi connectivity index (χ4v) is 4.99. The van der Waals surface area contributed by atoms with Crippen molar-refractivity contribution < 1.29 is 21.7 Å². The average molecular weight is 496 g/mol. The monoisotopic (exact) mass is 496 g/mol. The fourth-order valence-electron chi connectivity index (χ4n) is 3.76. The van der Waals surface area contributed by atoms with Crippen molar-refractivity contribution >= 4 is 40.7 Å². The first-order valence-electron chi connectivity index (χ1n) is 11.4. The molecule has 0 aromatic heterocycles. The van der Waals surface area contributed by atoms with Crippen LogP contribution in [0.15, 0.2) is 116 Å². The second kappa shape index (κ2) is 14.0. The molecule has 0 radical (unpaired) electrons. The van der Waals surface area contributed by atoms with Crippen molar-refractivity contribution in [3.63, 3.8) is 0 Å². The number of rotatable bonds is 3. The maximum Gasteiger partial charge on any atom is 2.00 e. The van der Waals surface area contributed by atoms with Crippen molar-refractivity contribution in [3.8, 4) is 0 Å². The van der Waals surface area contributed by atoms with Gasteiger partial charge in [-0.15, -0.1) is 68.8 Å². The van der Waals surface area contributed by atoms with E-state index in [1.165, 1.54) is 48.8 Å². The molecule has 0 N–H and O–H groups in total. The van der Waals surface area contributed by atoms with Crippen LogP contribution >= 0.6 is 8.58 Å². The maximum atomic E-state index is 3.46. The number of aryl methyl sites for hydroxylation is 3. The van der Waals surface area contributed by atoms with Crippen LogP contribution < -0.4 is 10.6 Å². The summed E-state index contributed by atoms with van der Waals surface area (Å²) in [5.74, 6) is 0. The van der Waals surface area contributed by atoms with E-state index in [2.05, 4.69) is 118 Å². The molecule has 0 aliphatic carbocycles. The summed E-state index contributed by atoms with van der Waals surface area (Å²) in [6, 6.07) is 32.6. The van der Waals surface area contributed by atoms with Crippen LogP contribution in [0.4, 0.5) is 0 Å². The van der Waals surface area contributed by atoms with Crippen LogP contribution in [0, 0.1) is 20.8 Å². The molecule has 0 nitrogen and oxygen atoms in total. The van der Waals surface area contributed by atoms with Crippen molar-refractivity contribution in [1.29, 1.82) is 0 Å². The van der Waals surface area contributed by atoms with Gasteiger partial charge in [0.2, 0.25) is 0 Å². The summed E-state index contributed by atoms with van der Waals surface area (Å²) in [7, 11) is 0.759. The molecular formula is C32H33PTi. The van der Waals surface area contributed by atoms with E-state index in [1.54, 1.807) is 6.08 Å². The standard InChI is InChI=1S/C16H14P.C11H11.C5H8.Ti/c1-12-6-2-5-9-16(12)17-15-10-13-7-3-4-8-14(13)11-15;1-8-6-7-9(2)11-5-3-4-10(8)11;1-3-5-4-2;/h2-11,17H,1H3;3-7H,1-2H3;3-5H,1H2,2H3;/q2*-1;;+2. The molecule has 34 heavy (non-hydrogen) atoms. The first-order valence-corrected chi connectivity index (χ1v) is 12.4. The van der Waals surface area contributed by atoms with Crippen LogP contribution in [-0.2, 0) is 21.7 Å². The molecular weight excluding hydrogens is 463 g/mol. The summed E-state index contributed by atoms with van der Waals surface area (Å²) in [5.41, 5.74) is 4.13. The second-order valence-electron chi connectivity index (χ2n) is 8.13. The van der Waals surface area contributed by atoms with E-state index in [1.807, 2.05) is 19.1 Å². The van der Waals surface area contributed by atoms with Crippen LogP contribution in [-0.4, -0.2) is 0 Å². The van der Waals surface area contributed by atoms with E-state index in [4.69, 9.17) is 0 Å². The molecule has 5 rings (SSSR count). The molecule has 0 bridgehead atoms. The molecule has 1 unspecified atom stereocenters. The molecule has 0 saturated carbocycles. The van der Waals surface area contributed by atoms with Crippen molar-refractivity contribution in [2.75, 3.05) is 0 Å². The Kier molecular flexibility index (Phi) is 11.4. The van der Waals surface area contributed by atoms with Gasteiger partial charge in [0.15, 0.2) is 0 Å². The van der Waals surface area contributed by atoms with Gasteiger partial charge >= 0.3 is 21.7 Å². The number of fused-ring (bicyclic) bond motifs is 2. The third-order valence-electron chi connectivity index (χ3n) is 5.62. The van der Waals surface area contributed by atoms with E-state index in [9.17, 15) is 0 Å². The molecule has 0 saturated heterocycles. The molecule has 0 fully saturated rings. The Labute approximate surface area is 221 Å².